The van der Waals surface area contributed by atoms with E-state index in [1.165, 1.54) is 6.42 Å². The highest BCUT2D eigenvalue weighted by Gasteiger charge is 2.23. The molecule has 1 aliphatic carbocycles. The van der Waals surface area contributed by atoms with E-state index in [1.807, 2.05) is 12.1 Å². The number of aliphatic hydroxyl groups excluding tert-OH is 1. The van der Waals surface area contributed by atoms with E-state index in [9.17, 15) is 5.11 Å². The summed E-state index contributed by atoms with van der Waals surface area (Å²) in [6.07, 6.45) is 6.53. The maximum atomic E-state index is 10.1. The van der Waals surface area contributed by atoms with Crippen LogP contribution >= 0.6 is 0 Å². The van der Waals surface area contributed by atoms with Gasteiger partial charge in [0.2, 0.25) is 0 Å². The molecule has 0 bridgehead atoms. The lowest BCUT2D eigenvalue weighted by Gasteiger charge is -2.21. The minimum Gasteiger partial charge on any atom is -0.486 e. The normalized spacial score (nSPS) is 23.0. The zero-order chi connectivity index (χ0) is 15.1. The Morgan fingerprint density at radius 1 is 1.29 bits per heavy atom. The SMILES string of the molecule is CC(C)CNCc1ccc(OC2CCCCCC2O)cn1. The highest BCUT2D eigenvalue weighted by molar-refractivity contribution is 5.20. The predicted octanol–water partition coefficient (Wildman–Crippen LogP) is 2.90. The standard InChI is InChI=1S/C17H28N2O2/c1-13(2)10-18-11-14-8-9-15(12-19-14)21-17-7-5-3-4-6-16(17)20/h8-9,12-13,16-18,20H,3-7,10-11H2,1-2H3. The fourth-order valence-corrected chi connectivity index (χ4v) is 2.64. The summed E-state index contributed by atoms with van der Waals surface area (Å²) < 4.78 is 5.91. The summed E-state index contributed by atoms with van der Waals surface area (Å²) in [5.74, 6) is 1.40. The second-order valence-corrected chi connectivity index (χ2v) is 6.37. The minimum absolute atomic E-state index is 0.0841. The molecule has 1 aromatic heterocycles. The Morgan fingerprint density at radius 2 is 2.10 bits per heavy atom. The first-order valence-electron chi connectivity index (χ1n) is 8.15. The molecule has 4 nitrogen and oxygen atoms in total. The number of aromatic nitrogens is 1. The largest absolute Gasteiger partial charge is 0.486 e. The molecule has 0 saturated heterocycles. The molecule has 118 valence electrons. The van der Waals surface area contributed by atoms with Crippen LogP contribution in [0.2, 0.25) is 0 Å². The van der Waals surface area contributed by atoms with Crippen molar-refractivity contribution < 1.29 is 9.84 Å². The molecule has 1 saturated carbocycles. The topological polar surface area (TPSA) is 54.4 Å². The maximum Gasteiger partial charge on any atom is 0.138 e. The van der Waals surface area contributed by atoms with Gasteiger partial charge in [-0.3, -0.25) is 4.98 Å². The van der Waals surface area contributed by atoms with E-state index in [0.29, 0.717) is 5.92 Å². The molecular formula is C17H28N2O2. The van der Waals surface area contributed by atoms with Crippen LogP contribution in [0.1, 0.15) is 51.6 Å². The molecule has 0 radical (unpaired) electrons. The van der Waals surface area contributed by atoms with Crippen molar-refractivity contribution >= 4 is 0 Å². The van der Waals surface area contributed by atoms with E-state index in [2.05, 4.69) is 24.1 Å². The summed E-state index contributed by atoms with van der Waals surface area (Å²) in [4.78, 5) is 4.42. The molecule has 0 aliphatic heterocycles. The Kier molecular flexibility index (Phi) is 6.46. The first-order chi connectivity index (χ1) is 10.1. The van der Waals surface area contributed by atoms with Gasteiger partial charge in [0.25, 0.3) is 0 Å². The van der Waals surface area contributed by atoms with Gasteiger partial charge in [-0.15, -0.1) is 0 Å². The van der Waals surface area contributed by atoms with Gasteiger partial charge in [0.1, 0.15) is 11.9 Å². The minimum atomic E-state index is -0.347. The Morgan fingerprint density at radius 3 is 2.81 bits per heavy atom. The van der Waals surface area contributed by atoms with Crippen LogP contribution < -0.4 is 10.1 Å². The lowest BCUT2D eigenvalue weighted by atomic mass is 10.1. The molecular weight excluding hydrogens is 264 g/mol. The van der Waals surface area contributed by atoms with Crippen LogP contribution in [0.25, 0.3) is 0 Å². The van der Waals surface area contributed by atoms with E-state index in [-0.39, 0.29) is 12.2 Å². The number of aliphatic hydroxyl groups is 1. The molecule has 2 rings (SSSR count). The highest BCUT2D eigenvalue weighted by atomic mass is 16.5. The molecule has 0 aromatic carbocycles. The van der Waals surface area contributed by atoms with Crippen molar-refractivity contribution in [1.29, 1.82) is 0 Å². The third-order valence-electron chi connectivity index (χ3n) is 3.86. The van der Waals surface area contributed by atoms with Crippen molar-refractivity contribution in [3.8, 4) is 5.75 Å². The quantitative estimate of drug-likeness (QED) is 0.792. The Bertz CT molecular complexity index is 406. The van der Waals surface area contributed by atoms with Crippen molar-refractivity contribution in [1.82, 2.24) is 10.3 Å². The molecule has 1 aliphatic rings. The van der Waals surface area contributed by atoms with Crippen LogP contribution in [0.5, 0.6) is 5.75 Å². The third-order valence-corrected chi connectivity index (χ3v) is 3.86. The number of ether oxygens (including phenoxy) is 1. The number of rotatable bonds is 6. The van der Waals surface area contributed by atoms with Crippen LogP contribution in [-0.2, 0) is 6.54 Å². The Labute approximate surface area is 127 Å². The number of nitrogens with zero attached hydrogens (tertiary/aromatic N) is 1. The predicted molar refractivity (Wildman–Crippen MR) is 84.3 cm³/mol. The van der Waals surface area contributed by atoms with Crippen molar-refractivity contribution in [3.05, 3.63) is 24.0 Å². The first kappa shape index (κ1) is 16.2. The van der Waals surface area contributed by atoms with Crippen molar-refractivity contribution in [2.45, 2.75) is 64.7 Å². The van der Waals surface area contributed by atoms with Gasteiger partial charge in [0.15, 0.2) is 0 Å². The van der Waals surface area contributed by atoms with Crippen LogP contribution in [0.3, 0.4) is 0 Å². The first-order valence-corrected chi connectivity index (χ1v) is 8.15. The van der Waals surface area contributed by atoms with E-state index >= 15 is 0 Å². The number of pyridine rings is 1. The van der Waals surface area contributed by atoms with E-state index in [0.717, 1.165) is 50.2 Å². The van der Waals surface area contributed by atoms with Crippen molar-refractivity contribution in [2.24, 2.45) is 5.92 Å². The molecule has 0 spiro atoms. The zero-order valence-corrected chi connectivity index (χ0v) is 13.2. The van der Waals surface area contributed by atoms with Gasteiger partial charge < -0.3 is 15.2 Å². The summed E-state index contributed by atoms with van der Waals surface area (Å²) in [7, 11) is 0. The van der Waals surface area contributed by atoms with Gasteiger partial charge >= 0.3 is 0 Å². The average molecular weight is 292 g/mol. The average Bonchev–Trinajstić information content (AvgIpc) is 2.66. The van der Waals surface area contributed by atoms with Crippen molar-refractivity contribution in [2.75, 3.05) is 6.54 Å². The molecule has 21 heavy (non-hydrogen) atoms. The van der Waals surface area contributed by atoms with Crippen LogP contribution in [-0.4, -0.2) is 28.8 Å². The Balaban J connectivity index is 1.83. The zero-order valence-electron chi connectivity index (χ0n) is 13.2. The molecule has 0 amide bonds. The summed E-state index contributed by atoms with van der Waals surface area (Å²) >= 11 is 0. The molecule has 1 fully saturated rings. The van der Waals surface area contributed by atoms with Crippen LogP contribution in [0.4, 0.5) is 0 Å². The van der Waals surface area contributed by atoms with E-state index in [4.69, 9.17) is 4.74 Å². The molecule has 2 unspecified atom stereocenters. The van der Waals surface area contributed by atoms with E-state index in [1.54, 1.807) is 6.20 Å². The molecule has 4 heteroatoms. The third kappa shape index (κ3) is 5.64. The molecule has 2 atom stereocenters. The van der Waals surface area contributed by atoms with Crippen LogP contribution in [0, 0.1) is 5.92 Å². The fourth-order valence-electron chi connectivity index (χ4n) is 2.64. The van der Waals surface area contributed by atoms with Gasteiger partial charge in [0, 0.05) is 6.54 Å². The van der Waals surface area contributed by atoms with Gasteiger partial charge in [-0.2, -0.15) is 0 Å². The fraction of sp³-hybridized carbons (Fsp3) is 0.706. The lowest BCUT2D eigenvalue weighted by Crippen LogP contribution is -2.30. The maximum absolute atomic E-state index is 10.1. The molecule has 1 heterocycles. The number of hydrogen-bond donors (Lipinski definition) is 2. The number of hydrogen-bond acceptors (Lipinski definition) is 4. The summed E-state index contributed by atoms with van der Waals surface area (Å²) in [5.41, 5.74) is 1.02. The number of nitrogens with one attached hydrogen (secondary N) is 1. The second-order valence-electron chi connectivity index (χ2n) is 6.37. The van der Waals surface area contributed by atoms with Gasteiger partial charge in [-0.05, 0) is 43.9 Å². The summed E-state index contributed by atoms with van der Waals surface area (Å²) in [5, 5.41) is 13.5. The van der Waals surface area contributed by atoms with Gasteiger partial charge in [-0.1, -0.05) is 26.7 Å². The second kappa shape index (κ2) is 8.35. The summed E-state index contributed by atoms with van der Waals surface area (Å²) in [6.45, 7) is 6.16. The van der Waals surface area contributed by atoms with Crippen molar-refractivity contribution in [3.63, 3.8) is 0 Å². The van der Waals surface area contributed by atoms with Gasteiger partial charge in [-0.25, -0.2) is 0 Å². The van der Waals surface area contributed by atoms with Gasteiger partial charge in [0.05, 0.1) is 18.0 Å². The smallest absolute Gasteiger partial charge is 0.138 e. The monoisotopic (exact) mass is 292 g/mol. The molecule has 1 aromatic rings. The highest BCUT2D eigenvalue weighted by Crippen LogP contribution is 2.23. The van der Waals surface area contributed by atoms with E-state index < -0.39 is 0 Å². The lowest BCUT2D eigenvalue weighted by molar-refractivity contribution is 0.0317. The van der Waals surface area contributed by atoms with Crippen LogP contribution in [0.15, 0.2) is 18.3 Å². The Hall–Kier alpha value is -1.13. The summed E-state index contributed by atoms with van der Waals surface area (Å²) in [6, 6.07) is 3.95. The molecule has 2 N–H and O–H groups in total.